The van der Waals surface area contributed by atoms with Gasteiger partial charge in [-0.25, -0.2) is 9.67 Å². The number of H-pyrrole nitrogens is 1. The second-order valence-electron chi connectivity index (χ2n) is 5.03. The van der Waals surface area contributed by atoms with Gasteiger partial charge in [0.1, 0.15) is 6.33 Å². The Hall–Kier alpha value is -2.29. The van der Waals surface area contributed by atoms with Crippen molar-refractivity contribution in [3.05, 3.63) is 24.5 Å². The molecule has 0 aromatic carbocycles. The van der Waals surface area contributed by atoms with Crippen molar-refractivity contribution in [2.75, 3.05) is 27.2 Å². The summed E-state index contributed by atoms with van der Waals surface area (Å²) in [6.45, 7) is 1.20. The lowest BCUT2D eigenvalue weighted by molar-refractivity contribution is 0.0769. The Morgan fingerprint density at radius 2 is 2.30 bits per heavy atom. The Morgan fingerprint density at radius 1 is 1.45 bits per heavy atom. The molecule has 1 aliphatic rings. The van der Waals surface area contributed by atoms with Gasteiger partial charge >= 0.3 is 0 Å². The molecule has 0 saturated carbocycles. The van der Waals surface area contributed by atoms with E-state index in [2.05, 4.69) is 30.4 Å². The SMILES string of the molecule is CN(C)[C@@H]1CN(C(=O)c2ncn[nH]2)C[C@@H]1n1ccnn1. The van der Waals surface area contributed by atoms with Crippen molar-refractivity contribution in [3.8, 4) is 0 Å². The molecule has 1 fully saturated rings. The van der Waals surface area contributed by atoms with Gasteiger partial charge in [-0.2, -0.15) is 5.10 Å². The van der Waals surface area contributed by atoms with Gasteiger partial charge in [-0.05, 0) is 14.1 Å². The zero-order chi connectivity index (χ0) is 14.1. The second kappa shape index (κ2) is 5.00. The fourth-order valence-electron chi connectivity index (χ4n) is 2.56. The van der Waals surface area contributed by atoms with Crippen LogP contribution in [-0.4, -0.2) is 79.1 Å². The van der Waals surface area contributed by atoms with Crippen LogP contribution in [-0.2, 0) is 0 Å². The van der Waals surface area contributed by atoms with Crippen LogP contribution in [0.2, 0.25) is 0 Å². The average Bonchev–Trinajstić information content (AvgIpc) is 3.17. The molecule has 9 nitrogen and oxygen atoms in total. The summed E-state index contributed by atoms with van der Waals surface area (Å²) in [6, 6.07) is 0.267. The minimum atomic E-state index is -0.142. The second-order valence-corrected chi connectivity index (χ2v) is 5.03. The van der Waals surface area contributed by atoms with E-state index in [0.29, 0.717) is 13.1 Å². The number of likely N-dealkylation sites (tertiary alicyclic amines) is 1. The van der Waals surface area contributed by atoms with E-state index in [0.717, 1.165) is 0 Å². The van der Waals surface area contributed by atoms with Gasteiger partial charge in [0.25, 0.3) is 5.91 Å². The number of nitrogens with one attached hydrogen (secondary N) is 1. The zero-order valence-corrected chi connectivity index (χ0v) is 11.3. The molecule has 2 atom stereocenters. The Morgan fingerprint density at radius 3 is 2.90 bits per heavy atom. The number of aromatic nitrogens is 6. The summed E-state index contributed by atoms with van der Waals surface area (Å²) in [5.74, 6) is 0.124. The van der Waals surface area contributed by atoms with Crippen molar-refractivity contribution >= 4 is 5.91 Å². The molecule has 0 bridgehead atoms. The molecule has 0 aliphatic carbocycles. The van der Waals surface area contributed by atoms with E-state index in [4.69, 9.17) is 0 Å². The molecule has 106 valence electrons. The largest absolute Gasteiger partial charge is 0.332 e. The maximum Gasteiger partial charge on any atom is 0.291 e. The maximum atomic E-state index is 12.3. The summed E-state index contributed by atoms with van der Waals surface area (Å²) in [5.41, 5.74) is 0. The van der Waals surface area contributed by atoms with Crippen molar-refractivity contribution in [2.45, 2.75) is 12.1 Å². The number of aromatic amines is 1. The van der Waals surface area contributed by atoms with Gasteiger partial charge in [0.15, 0.2) is 0 Å². The normalized spacial score (nSPS) is 22.6. The molecule has 2 aromatic rings. The Labute approximate surface area is 115 Å². The number of likely N-dealkylation sites (N-methyl/N-ethyl adjacent to an activating group) is 1. The lowest BCUT2D eigenvalue weighted by atomic mass is 10.1. The molecular weight excluding hydrogens is 260 g/mol. The third kappa shape index (κ3) is 2.16. The van der Waals surface area contributed by atoms with E-state index in [-0.39, 0.29) is 23.8 Å². The molecule has 2 aromatic heterocycles. The average molecular weight is 276 g/mol. The lowest BCUT2D eigenvalue weighted by Crippen LogP contribution is -2.37. The fraction of sp³-hybridized carbons (Fsp3) is 0.545. The van der Waals surface area contributed by atoms with Crippen molar-refractivity contribution in [1.82, 2.24) is 40.0 Å². The van der Waals surface area contributed by atoms with Crippen molar-refractivity contribution < 1.29 is 4.79 Å². The van der Waals surface area contributed by atoms with E-state index in [1.165, 1.54) is 6.33 Å². The van der Waals surface area contributed by atoms with E-state index in [1.54, 1.807) is 15.8 Å². The van der Waals surface area contributed by atoms with Crippen molar-refractivity contribution in [2.24, 2.45) is 0 Å². The maximum absolute atomic E-state index is 12.3. The lowest BCUT2D eigenvalue weighted by Gasteiger charge is -2.24. The molecule has 1 N–H and O–H groups in total. The first-order valence-electron chi connectivity index (χ1n) is 6.33. The van der Waals surface area contributed by atoms with Gasteiger partial charge in [-0.3, -0.25) is 9.89 Å². The molecule has 3 heterocycles. The first-order valence-corrected chi connectivity index (χ1v) is 6.33. The topological polar surface area (TPSA) is 95.8 Å². The molecule has 20 heavy (non-hydrogen) atoms. The summed E-state index contributed by atoms with van der Waals surface area (Å²) < 4.78 is 1.80. The summed E-state index contributed by atoms with van der Waals surface area (Å²) in [6.07, 6.45) is 4.80. The highest BCUT2D eigenvalue weighted by atomic mass is 16.2. The number of carbonyl (C=O) groups excluding carboxylic acids is 1. The molecule has 0 radical (unpaired) electrons. The molecular formula is C11H16N8O. The highest BCUT2D eigenvalue weighted by molar-refractivity contribution is 5.90. The summed E-state index contributed by atoms with van der Waals surface area (Å²) in [5, 5.41) is 14.2. The van der Waals surface area contributed by atoms with Crippen molar-refractivity contribution in [3.63, 3.8) is 0 Å². The third-order valence-electron chi connectivity index (χ3n) is 3.61. The first-order chi connectivity index (χ1) is 9.66. The summed E-state index contributed by atoms with van der Waals surface area (Å²) in [4.78, 5) is 20.1. The van der Waals surface area contributed by atoms with Crippen LogP contribution in [0.3, 0.4) is 0 Å². The number of rotatable bonds is 3. The highest BCUT2D eigenvalue weighted by Crippen LogP contribution is 2.25. The van der Waals surface area contributed by atoms with Crippen LogP contribution in [0.1, 0.15) is 16.7 Å². The number of carbonyl (C=O) groups is 1. The Kier molecular flexibility index (Phi) is 3.18. The molecule has 0 spiro atoms. The molecule has 0 unspecified atom stereocenters. The number of amides is 1. The Bertz CT molecular complexity index is 563. The van der Waals surface area contributed by atoms with Crippen LogP contribution in [0.4, 0.5) is 0 Å². The zero-order valence-electron chi connectivity index (χ0n) is 11.3. The first kappa shape index (κ1) is 12.7. The van der Waals surface area contributed by atoms with Crippen LogP contribution < -0.4 is 0 Å². The smallest absolute Gasteiger partial charge is 0.291 e. The summed E-state index contributed by atoms with van der Waals surface area (Å²) >= 11 is 0. The number of hydrogen-bond acceptors (Lipinski definition) is 6. The molecule has 1 saturated heterocycles. The predicted octanol–water partition coefficient (Wildman–Crippen LogP) is -0.976. The van der Waals surface area contributed by atoms with E-state index < -0.39 is 0 Å². The minimum absolute atomic E-state index is 0.0828. The van der Waals surface area contributed by atoms with Crippen LogP contribution in [0, 0.1) is 0 Å². The molecule has 3 rings (SSSR count). The minimum Gasteiger partial charge on any atom is -0.332 e. The van der Waals surface area contributed by atoms with Crippen LogP contribution in [0.5, 0.6) is 0 Å². The van der Waals surface area contributed by atoms with Crippen molar-refractivity contribution in [1.29, 1.82) is 0 Å². The van der Waals surface area contributed by atoms with Gasteiger partial charge < -0.3 is 9.80 Å². The van der Waals surface area contributed by atoms with Gasteiger partial charge in [0.2, 0.25) is 5.82 Å². The number of nitrogens with zero attached hydrogens (tertiary/aromatic N) is 7. The monoisotopic (exact) mass is 276 g/mol. The van der Waals surface area contributed by atoms with Crippen LogP contribution in [0.25, 0.3) is 0 Å². The molecule has 1 aliphatic heterocycles. The van der Waals surface area contributed by atoms with Crippen LogP contribution >= 0.6 is 0 Å². The van der Waals surface area contributed by atoms with E-state index >= 15 is 0 Å². The van der Waals surface area contributed by atoms with E-state index in [9.17, 15) is 4.79 Å². The van der Waals surface area contributed by atoms with Gasteiger partial charge in [-0.1, -0.05) is 5.21 Å². The van der Waals surface area contributed by atoms with Gasteiger partial charge in [0.05, 0.1) is 18.3 Å². The standard InChI is InChI=1S/C11H16N8O/c1-17(2)8-5-18(11(20)10-12-7-14-15-10)6-9(8)19-4-3-13-16-19/h3-4,7-9H,5-6H2,1-2H3,(H,12,14,15)/t8-,9+/m1/s1. The number of hydrogen-bond donors (Lipinski definition) is 1. The van der Waals surface area contributed by atoms with Crippen LogP contribution in [0.15, 0.2) is 18.7 Å². The predicted molar refractivity (Wildman–Crippen MR) is 68.8 cm³/mol. The fourth-order valence-corrected chi connectivity index (χ4v) is 2.56. The third-order valence-corrected chi connectivity index (χ3v) is 3.61. The Balaban J connectivity index is 1.81. The summed E-state index contributed by atoms with van der Waals surface area (Å²) in [7, 11) is 3.99. The molecule has 1 amide bonds. The van der Waals surface area contributed by atoms with Gasteiger partial charge in [-0.15, -0.1) is 5.10 Å². The highest BCUT2D eigenvalue weighted by Gasteiger charge is 2.39. The van der Waals surface area contributed by atoms with E-state index in [1.807, 2.05) is 20.3 Å². The quantitative estimate of drug-likeness (QED) is 0.774. The molecule has 9 heteroatoms. The van der Waals surface area contributed by atoms with Gasteiger partial charge in [0, 0.05) is 19.3 Å².